The van der Waals surface area contributed by atoms with Crippen LogP contribution in [0.4, 0.5) is 0 Å². The van der Waals surface area contributed by atoms with Gasteiger partial charge in [0.25, 0.3) is 0 Å². The molecule has 0 aromatic heterocycles. The van der Waals surface area contributed by atoms with Gasteiger partial charge in [-0.25, -0.2) is 4.79 Å². The van der Waals surface area contributed by atoms with Crippen molar-refractivity contribution in [1.29, 1.82) is 0 Å². The molecule has 2 rings (SSSR count). The number of carboxylic acids is 1. The Morgan fingerprint density at radius 2 is 1.88 bits per heavy atom. The van der Waals surface area contributed by atoms with Gasteiger partial charge < -0.3 is 35.0 Å². The van der Waals surface area contributed by atoms with Gasteiger partial charge in [0.05, 0.1) is 6.61 Å². The first-order valence-corrected chi connectivity index (χ1v) is 7.81. The summed E-state index contributed by atoms with van der Waals surface area (Å²) in [5.74, 6) is -1.95. The Balaban J connectivity index is 2.24. The molecule has 5 N–H and O–H groups in total. The fourth-order valence-electron chi connectivity index (χ4n) is 2.17. The minimum Gasteiger partial charge on any atom is -0.475 e. The predicted octanol–water partition coefficient (Wildman–Crippen LogP) is -0.309. The second kappa shape index (κ2) is 8.06. The number of hydrogen-bond donors (Lipinski definition) is 5. The Kier molecular flexibility index (Phi) is 6.33. The smallest absolute Gasteiger partial charge is 0.371 e. The van der Waals surface area contributed by atoms with E-state index in [0.717, 1.165) is 0 Å². The van der Waals surface area contributed by atoms with Crippen molar-refractivity contribution in [3.8, 4) is 0 Å². The first kappa shape index (κ1) is 18.8. The fraction of sp³-hybridized carbons (Fsp3) is 0.400. The molecule has 0 radical (unpaired) electrons. The van der Waals surface area contributed by atoms with Crippen molar-refractivity contribution in [2.45, 2.75) is 30.7 Å². The molecule has 132 valence electrons. The van der Waals surface area contributed by atoms with Crippen molar-refractivity contribution < 1.29 is 39.8 Å². The second-order valence-electron chi connectivity index (χ2n) is 5.15. The van der Waals surface area contributed by atoms with Crippen LogP contribution in [0.1, 0.15) is 5.56 Å². The first-order valence-electron chi connectivity index (χ1n) is 7.02. The minimum absolute atomic E-state index is 0.513. The van der Waals surface area contributed by atoms with Crippen LogP contribution in [0, 0.1) is 0 Å². The summed E-state index contributed by atoms with van der Waals surface area (Å²) >= 11 is 3.27. The highest BCUT2D eigenvalue weighted by molar-refractivity contribution is 9.10. The van der Waals surface area contributed by atoms with Gasteiger partial charge in [0, 0.05) is 4.47 Å². The molecule has 0 saturated carbocycles. The van der Waals surface area contributed by atoms with Crippen molar-refractivity contribution in [3.05, 3.63) is 40.1 Å². The first-order chi connectivity index (χ1) is 11.3. The van der Waals surface area contributed by atoms with Gasteiger partial charge in [0.1, 0.15) is 24.4 Å². The summed E-state index contributed by atoms with van der Waals surface area (Å²) in [7, 11) is 0. The molecule has 1 saturated heterocycles. The molecule has 0 bridgehead atoms. The van der Waals surface area contributed by atoms with E-state index in [1.54, 1.807) is 24.3 Å². The summed E-state index contributed by atoms with van der Waals surface area (Å²) in [5.41, 5.74) is 0.513. The number of ether oxygens (including phenoxy) is 2. The van der Waals surface area contributed by atoms with Crippen LogP contribution in [0.2, 0.25) is 0 Å². The summed E-state index contributed by atoms with van der Waals surface area (Å²) in [6.07, 6.45) is -6.43. The van der Waals surface area contributed by atoms with E-state index in [4.69, 9.17) is 14.6 Å². The maximum atomic E-state index is 11.4. The fourth-order valence-corrected chi connectivity index (χ4v) is 2.57. The molecule has 1 heterocycles. The number of halogens is 1. The topological polar surface area (TPSA) is 137 Å². The quantitative estimate of drug-likeness (QED) is 0.333. The SMILES string of the molecule is O=C(O)C(=Cc1ccccc1Br)O[C@H]1O[C@@H](CO)[C@H](O)[C@@H](O)[C@@H]1O. The van der Waals surface area contributed by atoms with Gasteiger partial charge in [0.15, 0.2) is 0 Å². The summed E-state index contributed by atoms with van der Waals surface area (Å²) in [4.78, 5) is 11.4. The average Bonchev–Trinajstić information content (AvgIpc) is 2.56. The molecule has 0 spiro atoms. The molecular weight excluding hydrogens is 388 g/mol. The van der Waals surface area contributed by atoms with Crippen LogP contribution in [0.3, 0.4) is 0 Å². The Morgan fingerprint density at radius 1 is 1.21 bits per heavy atom. The molecule has 1 fully saturated rings. The second-order valence-corrected chi connectivity index (χ2v) is 6.00. The largest absolute Gasteiger partial charge is 0.475 e. The lowest BCUT2D eigenvalue weighted by atomic mass is 9.99. The van der Waals surface area contributed by atoms with Gasteiger partial charge >= 0.3 is 5.97 Å². The molecule has 1 aliphatic heterocycles. The number of hydrogen-bond acceptors (Lipinski definition) is 7. The highest BCUT2D eigenvalue weighted by atomic mass is 79.9. The van der Waals surface area contributed by atoms with Crippen LogP contribution in [0.25, 0.3) is 6.08 Å². The molecule has 1 aromatic carbocycles. The number of benzene rings is 1. The average molecular weight is 405 g/mol. The molecule has 9 heteroatoms. The Bertz CT molecular complexity index is 617. The third-order valence-corrected chi connectivity index (χ3v) is 4.22. The van der Waals surface area contributed by atoms with Crippen LogP contribution in [-0.4, -0.2) is 68.8 Å². The Labute approximate surface area is 145 Å². The molecule has 1 aromatic rings. The normalized spacial score (nSPS) is 30.9. The van der Waals surface area contributed by atoms with E-state index in [2.05, 4.69) is 15.9 Å². The zero-order chi connectivity index (χ0) is 17.9. The van der Waals surface area contributed by atoms with Gasteiger partial charge in [0.2, 0.25) is 12.0 Å². The molecule has 5 atom stereocenters. The number of aliphatic carboxylic acids is 1. The van der Waals surface area contributed by atoms with E-state index in [9.17, 15) is 25.2 Å². The molecular formula is C15H17BrO8. The van der Waals surface area contributed by atoms with Crippen LogP contribution >= 0.6 is 15.9 Å². The predicted molar refractivity (Wildman–Crippen MR) is 84.6 cm³/mol. The summed E-state index contributed by atoms with van der Waals surface area (Å²) in [6.45, 7) is -0.638. The van der Waals surface area contributed by atoms with Gasteiger partial charge in [-0.15, -0.1) is 0 Å². The summed E-state index contributed by atoms with van der Waals surface area (Å²) in [5, 5.41) is 47.7. The van der Waals surface area contributed by atoms with Gasteiger partial charge in [-0.2, -0.15) is 0 Å². The zero-order valence-electron chi connectivity index (χ0n) is 12.3. The third-order valence-electron chi connectivity index (χ3n) is 3.49. The molecule has 1 aliphatic rings. The van der Waals surface area contributed by atoms with E-state index in [-0.39, 0.29) is 0 Å². The third kappa shape index (κ3) is 4.12. The Hall–Kier alpha value is -1.49. The minimum atomic E-state index is -1.69. The monoisotopic (exact) mass is 404 g/mol. The Morgan fingerprint density at radius 3 is 2.46 bits per heavy atom. The van der Waals surface area contributed by atoms with Crippen LogP contribution in [0.15, 0.2) is 34.5 Å². The molecule has 8 nitrogen and oxygen atoms in total. The highest BCUT2D eigenvalue weighted by Crippen LogP contribution is 2.25. The maximum absolute atomic E-state index is 11.4. The van der Waals surface area contributed by atoms with E-state index < -0.39 is 49.0 Å². The van der Waals surface area contributed by atoms with Crippen molar-refractivity contribution in [2.24, 2.45) is 0 Å². The van der Waals surface area contributed by atoms with Gasteiger partial charge in [-0.3, -0.25) is 0 Å². The van der Waals surface area contributed by atoms with E-state index in [1.165, 1.54) is 6.08 Å². The lowest BCUT2D eigenvalue weighted by molar-refractivity contribution is -0.291. The van der Waals surface area contributed by atoms with Crippen LogP contribution in [0.5, 0.6) is 0 Å². The summed E-state index contributed by atoms with van der Waals surface area (Å²) in [6, 6.07) is 6.80. The van der Waals surface area contributed by atoms with E-state index in [1.807, 2.05) is 0 Å². The maximum Gasteiger partial charge on any atom is 0.371 e. The lowest BCUT2D eigenvalue weighted by Gasteiger charge is -2.39. The highest BCUT2D eigenvalue weighted by Gasteiger charge is 2.45. The van der Waals surface area contributed by atoms with Gasteiger partial charge in [-0.05, 0) is 17.7 Å². The standard InChI is InChI=1S/C15H17BrO8/c16-8-4-2-1-3-7(8)5-9(14(21)22)23-15-13(20)12(19)11(18)10(6-17)24-15/h1-5,10-13,15,17-20H,6H2,(H,21,22)/t10-,11-,12+,13-,15-/m0/s1. The zero-order valence-corrected chi connectivity index (χ0v) is 13.9. The molecule has 0 aliphatic carbocycles. The molecule has 0 unspecified atom stereocenters. The van der Waals surface area contributed by atoms with Gasteiger partial charge in [-0.1, -0.05) is 34.1 Å². The van der Waals surface area contributed by atoms with Crippen LogP contribution < -0.4 is 0 Å². The van der Waals surface area contributed by atoms with Crippen LogP contribution in [-0.2, 0) is 14.3 Å². The van der Waals surface area contributed by atoms with E-state index >= 15 is 0 Å². The number of aliphatic hydroxyl groups is 4. The number of carboxylic acid groups (broad SMARTS) is 1. The number of carbonyl (C=O) groups is 1. The van der Waals surface area contributed by atoms with Crippen molar-refractivity contribution >= 4 is 28.0 Å². The van der Waals surface area contributed by atoms with Crippen molar-refractivity contribution in [1.82, 2.24) is 0 Å². The van der Waals surface area contributed by atoms with Crippen molar-refractivity contribution in [2.75, 3.05) is 6.61 Å². The molecule has 24 heavy (non-hydrogen) atoms. The summed E-state index contributed by atoms with van der Waals surface area (Å²) < 4.78 is 10.9. The lowest BCUT2D eigenvalue weighted by Crippen LogP contribution is -2.59. The van der Waals surface area contributed by atoms with E-state index in [0.29, 0.717) is 10.0 Å². The number of rotatable bonds is 5. The van der Waals surface area contributed by atoms with Crippen molar-refractivity contribution in [3.63, 3.8) is 0 Å². The number of aliphatic hydroxyl groups excluding tert-OH is 4. The molecule has 0 amide bonds.